The third-order valence-electron chi connectivity index (χ3n) is 3.77. The summed E-state index contributed by atoms with van der Waals surface area (Å²) in [6.45, 7) is 7.45. The van der Waals surface area contributed by atoms with Crippen LogP contribution in [0.25, 0.3) is 0 Å². The predicted octanol–water partition coefficient (Wildman–Crippen LogP) is 4.43. The lowest BCUT2D eigenvalue weighted by Gasteiger charge is -2.37. The molecule has 5 heteroatoms. The fraction of sp³-hybridized carbons (Fsp3) is 0.533. The first-order chi connectivity index (χ1) is 9.33. The maximum atomic E-state index is 6.11. The summed E-state index contributed by atoms with van der Waals surface area (Å²) in [5.41, 5.74) is 7.09. The van der Waals surface area contributed by atoms with Gasteiger partial charge in [-0.3, -0.25) is 4.99 Å². The van der Waals surface area contributed by atoms with Crippen molar-refractivity contribution in [3.63, 3.8) is 0 Å². The number of aliphatic imine (C=N–C) groups is 1. The molecule has 20 heavy (non-hydrogen) atoms. The van der Waals surface area contributed by atoms with Crippen LogP contribution in [0.15, 0.2) is 27.7 Å². The van der Waals surface area contributed by atoms with E-state index in [0.29, 0.717) is 16.9 Å². The van der Waals surface area contributed by atoms with Gasteiger partial charge < -0.3 is 10.6 Å². The van der Waals surface area contributed by atoms with Gasteiger partial charge in [-0.05, 0) is 59.8 Å². The van der Waals surface area contributed by atoms with E-state index in [1.54, 1.807) is 0 Å². The molecule has 0 saturated heterocycles. The van der Waals surface area contributed by atoms with Gasteiger partial charge >= 0.3 is 0 Å². The highest BCUT2D eigenvalue weighted by Gasteiger charge is 2.38. The number of nitrogens with zero attached hydrogens (tertiary/aromatic N) is 2. The number of anilines is 1. The summed E-state index contributed by atoms with van der Waals surface area (Å²) in [6, 6.07) is 5.88. The summed E-state index contributed by atoms with van der Waals surface area (Å²) < 4.78 is 0.877. The second-order valence-electron chi connectivity index (χ2n) is 6.04. The first kappa shape index (κ1) is 15.6. The molecular weight excluding hydrogens is 338 g/mol. The topological polar surface area (TPSA) is 41.6 Å². The normalized spacial score (nSPS) is 22.5. The van der Waals surface area contributed by atoms with Crippen molar-refractivity contribution in [3.05, 3.63) is 27.7 Å². The summed E-state index contributed by atoms with van der Waals surface area (Å²) in [7, 11) is 0. The van der Waals surface area contributed by atoms with Crippen molar-refractivity contribution in [2.75, 3.05) is 11.4 Å². The van der Waals surface area contributed by atoms with Crippen LogP contribution < -0.4 is 10.6 Å². The van der Waals surface area contributed by atoms with Crippen molar-refractivity contribution >= 4 is 39.2 Å². The summed E-state index contributed by atoms with van der Waals surface area (Å²) in [5.74, 6) is 1.26. The van der Waals surface area contributed by atoms with Gasteiger partial charge in [-0.15, -0.1) is 0 Å². The molecule has 2 rings (SSSR count). The first-order valence-electron chi connectivity index (χ1n) is 6.89. The second-order valence-corrected chi connectivity index (χ2v) is 7.30. The van der Waals surface area contributed by atoms with Gasteiger partial charge in [-0.1, -0.05) is 25.4 Å². The van der Waals surface area contributed by atoms with Crippen LogP contribution in [0.5, 0.6) is 0 Å². The Balaban J connectivity index is 2.30. The van der Waals surface area contributed by atoms with Gasteiger partial charge in [0.25, 0.3) is 0 Å². The number of hydrogen-bond acceptors (Lipinski definition) is 3. The zero-order valence-electron chi connectivity index (χ0n) is 12.2. The molecule has 1 unspecified atom stereocenters. The smallest absolute Gasteiger partial charge is 0.196 e. The molecule has 0 aliphatic carbocycles. The van der Waals surface area contributed by atoms with Crippen LogP contribution in [0.3, 0.4) is 0 Å². The summed E-state index contributed by atoms with van der Waals surface area (Å²) in [6.07, 6.45) is 2.22. The third-order valence-corrected chi connectivity index (χ3v) is 4.99. The Hall–Kier alpha value is -0.740. The lowest BCUT2D eigenvalue weighted by atomic mass is 9.90. The van der Waals surface area contributed by atoms with Gasteiger partial charge in [-0.2, -0.15) is 0 Å². The fourth-order valence-corrected chi connectivity index (χ4v) is 3.01. The summed E-state index contributed by atoms with van der Waals surface area (Å²) in [4.78, 5) is 6.58. The van der Waals surface area contributed by atoms with Crippen molar-refractivity contribution in [2.24, 2.45) is 16.6 Å². The molecule has 110 valence electrons. The zero-order chi connectivity index (χ0) is 14.9. The molecule has 0 fully saturated rings. The highest BCUT2D eigenvalue weighted by molar-refractivity contribution is 9.10. The van der Waals surface area contributed by atoms with Crippen LogP contribution in [0, 0.1) is 5.92 Å². The van der Waals surface area contributed by atoms with Crippen molar-refractivity contribution in [1.29, 1.82) is 0 Å². The Morgan fingerprint density at radius 1 is 1.50 bits per heavy atom. The summed E-state index contributed by atoms with van der Waals surface area (Å²) in [5, 5.41) is 0.701. The molecular formula is C15H21BrClN3. The molecule has 0 bridgehead atoms. The molecule has 1 atom stereocenters. The quantitative estimate of drug-likeness (QED) is 0.865. The average molecular weight is 359 g/mol. The Morgan fingerprint density at radius 2 is 2.20 bits per heavy atom. The highest BCUT2D eigenvalue weighted by Crippen LogP contribution is 2.36. The largest absolute Gasteiger partial charge is 0.369 e. The van der Waals surface area contributed by atoms with Crippen LogP contribution in [-0.4, -0.2) is 18.0 Å². The molecule has 2 N–H and O–H groups in total. The molecule has 3 nitrogen and oxygen atoms in total. The lowest BCUT2D eigenvalue weighted by molar-refractivity contribution is 0.407. The van der Waals surface area contributed by atoms with E-state index in [9.17, 15) is 0 Å². The Morgan fingerprint density at radius 3 is 2.80 bits per heavy atom. The summed E-state index contributed by atoms with van der Waals surface area (Å²) >= 11 is 9.54. The van der Waals surface area contributed by atoms with E-state index >= 15 is 0 Å². The lowest BCUT2D eigenvalue weighted by Crippen LogP contribution is -2.50. The maximum Gasteiger partial charge on any atom is 0.196 e. The Kier molecular flexibility index (Phi) is 4.65. The van der Waals surface area contributed by atoms with E-state index in [2.05, 4.69) is 46.6 Å². The average Bonchev–Trinajstić information content (AvgIpc) is 2.67. The zero-order valence-corrected chi connectivity index (χ0v) is 14.5. The van der Waals surface area contributed by atoms with Crippen LogP contribution >= 0.6 is 27.5 Å². The van der Waals surface area contributed by atoms with Gasteiger partial charge in [0.05, 0.1) is 17.1 Å². The fourth-order valence-electron chi connectivity index (χ4n) is 2.53. The van der Waals surface area contributed by atoms with Gasteiger partial charge in [0, 0.05) is 10.2 Å². The van der Waals surface area contributed by atoms with E-state index in [4.69, 9.17) is 17.3 Å². The second kappa shape index (κ2) is 5.94. The number of halogens is 2. The molecule has 1 aromatic rings. The van der Waals surface area contributed by atoms with Crippen LogP contribution in [0.1, 0.15) is 33.6 Å². The molecule has 0 amide bonds. The van der Waals surface area contributed by atoms with Gasteiger partial charge in [0.2, 0.25) is 0 Å². The maximum absolute atomic E-state index is 6.11. The molecule has 0 aromatic heterocycles. The third kappa shape index (κ3) is 3.12. The van der Waals surface area contributed by atoms with Crippen LogP contribution in [-0.2, 0) is 0 Å². The standard InChI is InChI=1S/C15H21BrClN3/c1-10(2)6-7-15(3)9-19-14(18)20(15)11-4-5-13(17)12(16)8-11/h4-5,8,10H,6-7,9H2,1-3H3,(H2,18,19). The molecule has 0 saturated carbocycles. The van der Waals surface area contributed by atoms with E-state index < -0.39 is 0 Å². The van der Waals surface area contributed by atoms with Gasteiger partial charge in [-0.25, -0.2) is 0 Å². The molecule has 0 radical (unpaired) electrons. The minimum Gasteiger partial charge on any atom is -0.369 e. The Bertz CT molecular complexity index is 530. The van der Waals surface area contributed by atoms with Gasteiger partial charge in [0.1, 0.15) is 0 Å². The molecule has 0 spiro atoms. The van der Waals surface area contributed by atoms with E-state index in [1.807, 2.05) is 18.2 Å². The minimum atomic E-state index is -0.0539. The number of hydrogen-bond donors (Lipinski definition) is 1. The van der Waals surface area contributed by atoms with Crippen LogP contribution in [0.2, 0.25) is 5.02 Å². The number of rotatable bonds is 4. The SMILES string of the molecule is CC(C)CCC1(C)CN=C(N)N1c1ccc(Cl)c(Br)c1. The number of guanidine groups is 1. The molecule has 1 aliphatic heterocycles. The first-order valence-corrected chi connectivity index (χ1v) is 8.06. The minimum absolute atomic E-state index is 0.0539. The van der Waals surface area contributed by atoms with E-state index in [-0.39, 0.29) is 5.54 Å². The van der Waals surface area contributed by atoms with E-state index in [1.165, 1.54) is 0 Å². The van der Waals surface area contributed by atoms with Crippen LogP contribution in [0.4, 0.5) is 5.69 Å². The Labute approximate surface area is 134 Å². The molecule has 1 aromatic carbocycles. The molecule has 1 heterocycles. The highest BCUT2D eigenvalue weighted by atomic mass is 79.9. The number of benzene rings is 1. The monoisotopic (exact) mass is 357 g/mol. The van der Waals surface area contributed by atoms with Crippen molar-refractivity contribution in [3.8, 4) is 0 Å². The van der Waals surface area contributed by atoms with Crippen molar-refractivity contribution < 1.29 is 0 Å². The predicted molar refractivity (Wildman–Crippen MR) is 90.6 cm³/mol. The van der Waals surface area contributed by atoms with Crippen molar-refractivity contribution in [1.82, 2.24) is 0 Å². The van der Waals surface area contributed by atoms with Gasteiger partial charge in [0.15, 0.2) is 5.96 Å². The van der Waals surface area contributed by atoms with E-state index in [0.717, 1.165) is 29.5 Å². The molecule has 1 aliphatic rings. The van der Waals surface area contributed by atoms with Crippen molar-refractivity contribution in [2.45, 2.75) is 39.2 Å². The number of nitrogens with two attached hydrogens (primary N) is 1.